The van der Waals surface area contributed by atoms with E-state index in [9.17, 15) is 4.79 Å². The monoisotopic (exact) mass is 139 g/mol. The topological polar surface area (TPSA) is 29.1 Å². The van der Waals surface area contributed by atoms with E-state index in [-0.39, 0.29) is 0 Å². The summed E-state index contributed by atoms with van der Waals surface area (Å²) in [5, 5.41) is 3.24. The van der Waals surface area contributed by atoms with Crippen LogP contribution in [-0.4, -0.2) is 18.9 Å². The summed E-state index contributed by atoms with van der Waals surface area (Å²) in [6.07, 6.45) is 4.08. The Labute approximate surface area is 61.0 Å². The van der Waals surface area contributed by atoms with Crippen molar-refractivity contribution < 1.29 is 4.79 Å². The van der Waals surface area contributed by atoms with Crippen LogP contribution in [0.4, 0.5) is 0 Å². The molecule has 1 heterocycles. The average molecular weight is 139 g/mol. The second kappa shape index (κ2) is 2.06. The zero-order chi connectivity index (χ0) is 7.03. The van der Waals surface area contributed by atoms with Gasteiger partial charge >= 0.3 is 0 Å². The fraction of sp³-hybridized carbons (Fsp3) is 0.875. The first-order chi connectivity index (χ1) is 4.81. The molecular formula is C8H13NO. The first kappa shape index (κ1) is 6.35. The third kappa shape index (κ3) is 0.870. The van der Waals surface area contributed by atoms with Crippen molar-refractivity contribution in [2.75, 3.05) is 13.1 Å². The Morgan fingerprint density at radius 3 is 2.60 bits per heavy atom. The molecule has 0 amide bonds. The van der Waals surface area contributed by atoms with Gasteiger partial charge in [-0.15, -0.1) is 0 Å². The number of hydrogen-bond acceptors (Lipinski definition) is 2. The van der Waals surface area contributed by atoms with Gasteiger partial charge in [-0.25, -0.2) is 0 Å². The van der Waals surface area contributed by atoms with Gasteiger partial charge in [-0.1, -0.05) is 0 Å². The van der Waals surface area contributed by atoms with Crippen molar-refractivity contribution in [1.29, 1.82) is 0 Å². The number of carbonyl (C=O) groups is 1. The fourth-order valence-corrected chi connectivity index (χ4v) is 2.04. The van der Waals surface area contributed by atoms with Crippen molar-refractivity contribution in [2.24, 2.45) is 5.41 Å². The van der Waals surface area contributed by atoms with Crippen LogP contribution in [0.1, 0.15) is 25.7 Å². The predicted molar refractivity (Wildman–Crippen MR) is 38.8 cm³/mol. The summed E-state index contributed by atoms with van der Waals surface area (Å²) in [6.45, 7) is 2.16. The molecule has 0 unspecified atom stereocenters. The van der Waals surface area contributed by atoms with E-state index in [0.717, 1.165) is 32.4 Å². The van der Waals surface area contributed by atoms with Gasteiger partial charge in [0.15, 0.2) is 0 Å². The molecule has 1 N–H and O–H groups in total. The molecule has 0 aromatic carbocycles. The zero-order valence-electron chi connectivity index (χ0n) is 6.15. The normalized spacial score (nSPS) is 30.2. The molecule has 2 heteroatoms. The van der Waals surface area contributed by atoms with Crippen molar-refractivity contribution in [2.45, 2.75) is 25.7 Å². The zero-order valence-corrected chi connectivity index (χ0v) is 6.15. The highest BCUT2D eigenvalue weighted by Gasteiger charge is 2.40. The quantitative estimate of drug-likeness (QED) is 0.535. The first-order valence-corrected chi connectivity index (χ1v) is 4.03. The van der Waals surface area contributed by atoms with E-state index in [4.69, 9.17) is 0 Å². The number of nitrogens with one attached hydrogen (secondary N) is 1. The van der Waals surface area contributed by atoms with Crippen LogP contribution in [0.2, 0.25) is 0 Å². The average Bonchev–Trinajstić information content (AvgIpc) is 1.85. The Morgan fingerprint density at radius 2 is 2.20 bits per heavy atom. The summed E-state index contributed by atoms with van der Waals surface area (Å²) in [5.74, 6) is 0.479. The summed E-state index contributed by atoms with van der Waals surface area (Å²) >= 11 is 0. The van der Waals surface area contributed by atoms with Crippen LogP contribution >= 0.6 is 0 Å². The van der Waals surface area contributed by atoms with Crippen LogP contribution in [0.5, 0.6) is 0 Å². The largest absolute Gasteiger partial charge is 0.316 e. The maximum atomic E-state index is 11.0. The molecule has 2 fully saturated rings. The lowest BCUT2D eigenvalue weighted by molar-refractivity contribution is -0.125. The van der Waals surface area contributed by atoms with Crippen LogP contribution in [0, 0.1) is 5.41 Å². The van der Waals surface area contributed by atoms with Crippen molar-refractivity contribution in [3.8, 4) is 0 Å². The Kier molecular flexibility index (Phi) is 1.31. The minimum absolute atomic E-state index is 0.412. The molecule has 56 valence electrons. The van der Waals surface area contributed by atoms with Gasteiger partial charge in [0, 0.05) is 31.3 Å². The van der Waals surface area contributed by atoms with Crippen LogP contribution < -0.4 is 5.32 Å². The maximum Gasteiger partial charge on any atom is 0.133 e. The Balaban J connectivity index is 2.02. The SMILES string of the molecule is O=C1CCCC2(CNC2)C1. The minimum Gasteiger partial charge on any atom is -0.316 e. The number of rotatable bonds is 0. The number of carbonyl (C=O) groups excluding carboxylic acids is 1. The number of hydrogen-bond donors (Lipinski definition) is 1. The minimum atomic E-state index is 0.412. The van der Waals surface area contributed by atoms with Gasteiger partial charge in [-0.05, 0) is 12.8 Å². The van der Waals surface area contributed by atoms with E-state index in [1.807, 2.05) is 0 Å². The Morgan fingerprint density at radius 1 is 1.40 bits per heavy atom. The lowest BCUT2D eigenvalue weighted by Crippen LogP contribution is -2.55. The Hall–Kier alpha value is -0.370. The van der Waals surface area contributed by atoms with Crippen molar-refractivity contribution >= 4 is 5.78 Å². The molecule has 2 nitrogen and oxygen atoms in total. The highest BCUT2D eigenvalue weighted by atomic mass is 16.1. The second-order valence-electron chi connectivity index (χ2n) is 3.67. The second-order valence-corrected chi connectivity index (χ2v) is 3.67. The fourth-order valence-electron chi connectivity index (χ4n) is 2.04. The third-order valence-corrected chi connectivity index (χ3v) is 2.73. The molecule has 1 aliphatic heterocycles. The lowest BCUT2D eigenvalue weighted by Gasteiger charge is -2.44. The lowest BCUT2D eigenvalue weighted by atomic mass is 9.69. The van der Waals surface area contributed by atoms with Gasteiger partial charge in [0.2, 0.25) is 0 Å². The van der Waals surface area contributed by atoms with Crippen molar-refractivity contribution in [1.82, 2.24) is 5.32 Å². The number of ketones is 1. The summed E-state index contributed by atoms with van der Waals surface area (Å²) in [6, 6.07) is 0. The molecule has 1 spiro atoms. The van der Waals surface area contributed by atoms with Gasteiger partial charge in [-0.2, -0.15) is 0 Å². The van der Waals surface area contributed by atoms with E-state index >= 15 is 0 Å². The molecule has 0 atom stereocenters. The molecule has 0 aromatic rings. The third-order valence-electron chi connectivity index (χ3n) is 2.73. The van der Waals surface area contributed by atoms with E-state index in [0.29, 0.717) is 11.2 Å². The molecule has 1 aliphatic carbocycles. The first-order valence-electron chi connectivity index (χ1n) is 4.03. The van der Waals surface area contributed by atoms with E-state index in [1.165, 1.54) is 6.42 Å². The highest BCUT2D eigenvalue weighted by molar-refractivity contribution is 5.80. The molecule has 2 aliphatic rings. The van der Waals surface area contributed by atoms with Gasteiger partial charge < -0.3 is 5.32 Å². The Bertz CT molecular complexity index is 161. The summed E-state index contributed by atoms with van der Waals surface area (Å²) in [7, 11) is 0. The molecule has 1 saturated heterocycles. The highest BCUT2D eigenvalue weighted by Crippen LogP contribution is 2.37. The van der Waals surface area contributed by atoms with Crippen molar-refractivity contribution in [3.05, 3.63) is 0 Å². The molecule has 0 radical (unpaired) electrons. The standard InChI is InChI=1S/C8H13NO/c10-7-2-1-3-8(4-7)5-9-6-8/h9H,1-6H2. The van der Waals surface area contributed by atoms with Crippen molar-refractivity contribution in [3.63, 3.8) is 0 Å². The van der Waals surface area contributed by atoms with Gasteiger partial charge in [-0.3, -0.25) is 4.79 Å². The molecule has 0 bridgehead atoms. The van der Waals surface area contributed by atoms with Gasteiger partial charge in [0.1, 0.15) is 5.78 Å². The van der Waals surface area contributed by atoms with E-state index < -0.39 is 0 Å². The molecular weight excluding hydrogens is 126 g/mol. The molecule has 10 heavy (non-hydrogen) atoms. The summed E-state index contributed by atoms with van der Waals surface area (Å²) in [5.41, 5.74) is 0.412. The van der Waals surface area contributed by atoms with Crippen LogP contribution in [0.25, 0.3) is 0 Å². The summed E-state index contributed by atoms with van der Waals surface area (Å²) in [4.78, 5) is 11.0. The van der Waals surface area contributed by atoms with Crippen LogP contribution in [0.15, 0.2) is 0 Å². The molecule has 1 saturated carbocycles. The maximum absolute atomic E-state index is 11.0. The number of Topliss-reactive ketones (excluding diaryl/α,β-unsaturated/α-hetero) is 1. The van der Waals surface area contributed by atoms with Gasteiger partial charge in [0.05, 0.1) is 0 Å². The van der Waals surface area contributed by atoms with E-state index in [1.54, 1.807) is 0 Å². The van der Waals surface area contributed by atoms with Gasteiger partial charge in [0.25, 0.3) is 0 Å². The molecule has 0 aromatic heterocycles. The smallest absolute Gasteiger partial charge is 0.133 e. The van der Waals surface area contributed by atoms with E-state index in [2.05, 4.69) is 5.32 Å². The van der Waals surface area contributed by atoms with Crippen LogP contribution in [0.3, 0.4) is 0 Å². The summed E-state index contributed by atoms with van der Waals surface area (Å²) < 4.78 is 0. The molecule has 2 rings (SSSR count). The predicted octanol–water partition coefficient (Wildman–Crippen LogP) is 0.719. The van der Waals surface area contributed by atoms with Crippen LogP contribution in [-0.2, 0) is 4.79 Å².